The van der Waals surface area contributed by atoms with E-state index in [9.17, 15) is 19.2 Å². The maximum absolute atomic E-state index is 14.7. The monoisotopic (exact) mass is 600 g/mol. The minimum Gasteiger partial charge on any atom is -0.496 e. The molecule has 0 saturated carbocycles. The summed E-state index contributed by atoms with van der Waals surface area (Å²) in [4.78, 5) is 56.4. The molecular weight excluding hydrogens is 560 g/mol. The minimum absolute atomic E-state index is 0.186. The number of amides is 4. The number of anilines is 1. The number of hydrogen-bond acceptors (Lipinski definition) is 6. The fourth-order valence-electron chi connectivity index (χ4n) is 5.83. The second kappa shape index (κ2) is 13.6. The van der Waals surface area contributed by atoms with Gasteiger partial charge in [-0.1, -0.05) is 54.6 Å². The zero-order valence-electron chi connectivity index (χ0n) is 25.8. The molecule has 0 aliphatic carbocycles. The van der Waals surface area contributed by atoms with Gasteiger partial charge in [-0.2, -0.15) is 0 Å². The Morgan fingerprint density at radius 3 is 2.27 bits per heavy atom. The van der Waals surface area contributed by atoms with Gasteiger partial charge in [0.15, 0.2) is 0 Å². The standard InChI is InChI=1S/C34H40N4O6/c1-34(2,3)36-30(39)21-37-27(22-12-7-6-8-13-22)19-24(26-16-9-10-17-29(26)43-4)20-28(31(37)40)38(33(35)42)25-15-11-14-23(18-25)32(41)44-5/h6-18,24,27-28H,19-21H2,1-5H3,(H2,35,42)(H,36,39). The van der Waals surface area contributed by atoms with Gasteiger partial charge in [0, 0.05) is 11.2 Å². The Kier molecular flexibility index (Phi) is 9.93. The molecule has 3 N–H and O–H groups in total. The molecule has 1 saturated heterocycles. The van der Waals surface area contributed by atoms with Crippen LogP contribution < -0.4 is 20.7 Å². The highest BCUT2D eigenvalue weighted by Gasteiger charge is 2.43. The van der Waals surface area contributed by atoms with Gasteiger partial charge in [0.1, 0.15) is 18.3 Å². The average Bonchev–Trinajstić information content (AvgIpc) is 3.13. The molecule has 0 bridgehead atoms. The number of primary amides is 1. The second-order valence-electron chi connectivity index (χ2n) is 11.9. The highest BCUT2D eigenvalue weighted by molar-refractivity contribution is 6.01. The van der Waals surface area contributed by atoms with Gasteiger partial charge in [0.05, 0.1) is 25.8 Å². The van der Waals surface area contributed by atoms with Crippen molar-refractivity contribution in [3.63, 3.8) is 0 Å². The number of nitrogens with zero attached hydrogens (tertiary/aromatic N) is 2. The van der Waals surface area contributed by atoms with E-state index >= 15 is 0 Å². The summed E-state index contributed by atoms with van der Waals surface area (Å²) in [5.74, 6) is -1.01. The highest BCUT2D eigenvalue weighted by Crippen LogP contribution is 2.43. The summed E-state index contributed by atoms with van der Waals surface area (Å²) in [5, 5.41) is 2.96. The molecule has 1 aliphatic rings. The van der Waals surface area contributed by atoms with Crippen LogP contribution in [0.3, 0.4) is 0 Å². The van der Waals surface area contributed by atoms with Crippen molar-refractivity contribution in [2.75, 3.05) is 25.7 Å². The van der Waals surface area contributed by atoms with Gasteiger partial charge < -0.3 is 25.4 Å². The number of methoxy groups -OCH3 is 2. The fraction of sp³-hybridized carbons (Fsp3) is 0.353. The molecule has 3 unspecified atom stereocenters. The van der Waals surface area contributed by atoms with Gasteiger partial charge in [0.2, 0.25) is 11.8 Å². The van der Waals surface area contributed by atoms with E-state index < -0.39 is 35.5 Å². The van der Waals surface area contributed by atoms with Gasteiger partial charge in [-0.05, 0) is 74.9 Å². The first kappa shape index (κ1) is 32.1. The largest absolute Gasteiger partial charge is 0.496 e. The smallest absolute Gasteiger partial charge is 0.337 e. The lowest BCUT2D eigenvalue weighted by Crippen LogP contribution is -2.55. The Morgan fingerprint density at radius 1 is 0.955 bits per heavy atom. The number of likely N-dealkylation sites (tertiary alicyclic amines) is 1. The molecule has 1 fully saturated rings. The molecule has 3 aromatic carbocycles. The van der Waals surface area contributed by atoms with Gasteiger partial charge in [-0.15, -0.1) is 0 Å². The Balaban J connectivity index is 1.90. The van der Waals surface area contributed by atoms with Gasteiger partial charge in [-0.25, -0.2) is 9.59 Å². The molecule has 10 heteroatoms. The van der Waals surface area contributed by atoms with E-state index in [1.807, 2.05) is 75.4 Å². The number of carbonyl (C=O) groups is 4. The molecule has 3 aromatic rings. The molecule has 3 atom stereocenters. The summed E-state index contributed by atoms with van der Waals surface area (Å²) in [7, 11) is 2.85. The third-order valence-corrected chi connectivity index (χ3v) is 7.65. The lowest BCUT2D eigenvalue weighted by Gasteiger charge is -2.35. The third-order valence-electron chi connectivity index (χ3n) is 7.65. The summed E-state index contributed by atoms with van der Waals surface area (Å²) in [5.41, 5.74) is 7.63. The average molecular weight is 601 g/mol. The van der Waals surface area contributed by atoms with Crippen molar-refractivity contribution < 1.29 is 28.7 Å². The lowest BCUT2D eigenvalue weighted by molar-refractivity contribution is -0.139. The molecular formula is C34H40N4O6. The van der Waals surface area contributed by atoms with Crippen LogP contribution in [-0.2, 0) is 14.3 Å². The van der Waals surface area contributed by atoms with E-state index in [-0.39, 0.29) is 36.0 Å². The molecule has 44 heavy (non-hydrogen) atoms. The van der Waals surface area contributed by atoms with Crippen LogP contribution in [0.4, 0.5) is 10.5 Å². The number of carbonyl (C=O) groups excluding carboxylic acids is 4. The predicted molar refractivity (Wildman–Crippen MR) is 167 cm³/mol. The number of benzene rings is 3. The maximum Gasteiger partial charge on any atom is 0.337 e. The first-order valence-corrected chi connectivity index (χ1v) is 14.5. The lowest BCUT2D eigenvalue weighted by atomic mass is 9.85. The van der Waals surface area contributed by atoms with E-state index in [0.29, 0.717) is 12.2 Å². The molecule has 4 amide bonds. The van der Waals surface area contributed by atoms with Crippen LogP contribution in [0, 0.1) is 0 Å². The molecule has 0 radical (unpaired) electrons. The van der Waals surface area contributed by atoms with Crippen LogP contribution in [0.5, 0.6) is 5.75 Å². The van der Waals surface area contributed by atoms with Crippen molar-refractivity contribution in [3.8, 4) is 5.75 Å². The first-order chi connectivity index (χ1) is 20.9. The van der Waals surface area contributed by atoms with Gasteiger partial charge in [0.25, 0.3) is 0 Å². The summed E-state index contributed by atoms with van der Waals surface area (Å²) in [6, 6.07) is 20.8. The van der Waals surface area contributed by atoms with Crippen molar-refractivity contribution in [1.82, 2.24) is 10.2 Å². The molecule has 0 spiro atoms. The van der Waals surface area contributed by atoms with E-state index in [1.54, 1.807) is 25.3 Å². The molecule has 0 aromatic heterocycles. The van der Waals surface area contributed by atoms with Crippen molar-refractivity contribution in [1.29, 1.82) is 0 Å². The van der Waals surface area contributed by atoms with E-state index in [0.717, 1.165) is 11.1 Å². The molecule has 4 rings (SSSR count). The predicted octanol–water partition coefficient (Wildman–Crippen LogP) is 4.80. The van der Waals surface area contributed by atoms with Gasteiger partial charge in [-0.3, -0.25) is 14.5 Å². The van der Waals surface area contributed by atoms with Crippen molar-refractivity contribution >= 4 is 29.5 Å². The SMILES string of the molecule is COC(=O)c1cccc(N(C(N)=O)C2CC(c3ccccc3OC)CC(c3ccccc3)N(CC(=O)NC(C)(C)C)C2=O)c1. The maximum atomic E-state index is 14.7. The van der Waals surface area contributed by atoms with Crippen LogP contribution >= 0.6 is 0 Å². The summed E-state index contributed by atoms with van der Waals surface area (Å²) < 4.78 is 10.6. The number of rotatable bonds is 8. The number of urea groups is 1. The zero-order valence-corrected chi connectivity index (χ0v) is 25.8. The fourth-order valence-corrected chi connectivity index (χ4v) is 5.83. The van der Waals surface area contributed by atoms with Crippen LogP contribution in [0.15, 0.2) is 78.9 Å². The van der Waals surface area contributed by atoms with Crippen molar-refractivity contribution in [2.24, 2.45) is 5.73 Å². The van der Waals surface area contributed by atoms with Gasteiger partial charge >= 0.3 is 12.0 Å². The number of nitrogens with two attached hydrogens (primary N) is 1. The molecule has 1 aliphatic heterocycles. The zero-order chi connectivity index (χ0) is 32.0. The third kappa shape index (κ3) is 7.37. The van der Waals surface area contributed by atoms with Crippen LogP contribution in [-0.4, -0.2) is 61.1 Å². The number of hydrogen-bond donors (Lipinski definition) is 2. The van der Waals surface area contributed by atoms with Crippen LogP contribution in [0.25, 0.3) is 0 Å². The number of ether oxygens (including phenoxy) is 2. The van der Waals surface area contributed by atoms with Crippen molar-refractivity contribution in [2.45, 2.75) is 57.2 Å². The van der Waals surface area contributed by atoms with E-state index in [1.165, 1.54) is 23.0 Å². The highest BCUT2D eigenvalue weighted by atomic mass is 16.5. The first-order valence-electron chi connectivity index (χ1n) is 14.5. The topological polar surface area (TPSA) is 131 Å². The van der Waals surface area contributed by atoms with E-state index in [2.05, 4.69) is 5.32 Å². The normalized spacial score (nSPS) is 18.6. The Hall–Kier alpha value is -4.86. The van der Waals surface area contributed by atoms with Crippen LogP contribution in [0.1, 0.15) is 67.1 Å². The number of esters is 1. The summed E-state index contributed by atoms with van der Waals surface area (Å²) >= 11 is 0. The Bertz CT molecular complexity index is 1500. The Labute approximate surface area is 258 Å². The van der Waals surface area contributed by atoms with E-state index in [4.69, 9.17) is 15.2 Å². The minimum atomic E-state index is -1.11. The Morgan fingerprint density at radius 2 is 1.64 bits per heavy atom. The van der Waals surface area contributed by atoms with Crippen molar-refractivity contribution in [3.05, 3.63) is 95.6 Å². The molecule has 1 heterocycles. The summed E-state index contributed by atoms with van der Waals surface area (Å²) in [6.45, 7) is 5.37. The number of nitrogens with one attached hydrogen (secondary N) is 1. The number of para-hydroxylation sites is 1. The quantitative estimate of drug-likeness (QED) is 0.357. The second-order valence-corrected chi connectivity index (χ2v) is 11.9. The summed E-state index contributed by atoms with van der Waals surface area (Å²) in [6.07, 6.45) is 0.634. The van der Waals surface area contributed by atoms with Crippen LogP contribution in [0.2, 0.25) is 0 Å². The molecule has 232 valence electrons. The molecule has 10 nitrogen and oxygen atoms in total.